The van der Waals surface area contributed by atoms with Crippen LogP contribution in [0.25, 0.3) is 0 Å². The Morgan fingerprint density at radius 1 is 1.09 bits per heavy atom. The first-order chi connectivity index (χ1) is 13.1. The molecule has 0 aliphatic heterocycles. The molecule has 0 heterocycles. The molecule has 2 aromatic carbocycles. The normalized spacial score (nSPS) is 16.1. The monoisotopic (exact) mass is 317 g/mol. The van der Waals surface area contributed by atoms with Crippen LogP contribution < -0.4 is 11.1 Å². The van der Waals surface area contributed by atoms with Gasteiger partial charge in [0, 0.05) is 6.42 Å². The number of carbonyl (C=O) groups excluding carboxylic acids is 1. The number of nitrogens with two attached hydrogens (primary N) is 1. The molecule has 0 aliphatic rings. The average molecular weight is 317 g/mol. The Labute approximate surface area is 142 Å². The van der Waals surface area contributed by atoms with E-state index in [9.17, 15) is 14.7 Å². The van der Waals surface area contributed by atoms with Crippen molar-refractivity contribution in [2.75, 3.05) is 0 Å². The summed E-state index contributed by atoms with van der Waals surface area (Å²) in [5.74, 6) is -2.01. The maximum atomic E-state index is 12.4. The van der Waals surface area contributed by atoms with E-state index in [0.717, 1.165) is 5.56 Å². The van der Waals surface area contributed by atoms with Crippen molar-refractivity contribution in [3.8, 4) is 0 Å². The van der Waals surface area contributed by atoms with E-state index in [1.54, 1.807) is 30.3 Å². The molecule has 0 saturated heterocycles. The summed E-state index contributed by atoms with van der Waals surface area (Å²) in [5, 5.41) is 11.7. The van der Waals surface area contributed by atoms with Crippen LogP contribution in [-0.2, 0) is 22.4 Å². The molecule has 0 aliphatic carbocycles. The van der Waals surface area contributed by atoms with E-state index < -0.39 is 54.2 Å². The molecular weight excluding hydrogens is 292 g/mol. The summed E-state index contributed by atoms with van der Waals surface area (Å²) in [6.07, 6.45) is -0.261. The van der Waals surface area contributed by atoms with Crippen molar-refractivity contribution in [2.24, 2.45) is 5.73 Å². The van der Waals surface area contributed by atoms with E-state index in [-0.39, 0.29) is 18.4 Å². The Balaban J connectivity index is 2.15. The highest BCUT2D eigenvalue weighted by Crippen LogP contribution is 2.05. The smallest absolute Gasteiger partial charge is 0.326 e. The van der Waals surface area contributed by atoms with Crippen LogP contribution in [0.4, 0.5) is 0 Å². The van der Waals surface area contributed by atoms with Gasteiger partial charge in [0.2, 0.25) is 5.91 Å². The summed E-state index contributed by atoms with van der Waals surface area (Å²) in [6.45, 7) is 0. The second-order valence-corrected chi connectivity index (χ2v) is 5.00. The molecule has 5 heteroatoms. The first-order valence-electron chi connectivity index (χ1n) is 9.52. The number of rotatable bonds is 7. The zero-order valence-corrected chi connectivity index (χ0v) is 12.3. The number of carboxylic acid groups (broad SMARTS) is 1. The fourth-order valence-electron chi connectivity index (χ4n) is 2.02. The molecule has 0 bridgehead atoms. The summed E-state index contributed by atoms with van der Waals surface area (Å²) in [4.78, 5) is 23.8. The summed E-state index contributed by atoms with van der Waals surface area (Å²) >= 11 is 0. The molecule has 1 amide bonds. The van der Waals surface area contributed by atoms with Gasteiger partial charge >= 0.3 is 5.97 Å². The highest BCUT2D eigenvalue weighted by Gasteiger charge is 2.23. The molecule has 2 aromatic rings. The van der Waals surface area contributed by atoms with Crippen LogP contribution in [0.2, 0.25) is 0 Å². The van der Waals surface area contributed by atoms with E-state index in [0.29, 0.717) is 0 Å². The average Bonchev–Trinajstić information content (AvgIpc) is 2.68. The molecule has 0 fully saturated rings. The SMILES string of the molecule is [2H]c1c([2H])c([2H])c(C[C@@H](N)C(=O)N[C@H](Cc2ccccc2)C(=O)O)c([2H])c1[2H]. The van der Waals surface area contributed by atoms with Gasteiger partial charge in [-0.15, -0.1) is 0 Å². The fraction of sp³-hybridized carbons (Fsp3) is 0.222. The van der Waals surface area contributed by atoms with Crippen molar-refractivity contribution in [3.05, 3.63) is 71.7 Å². The number of aliphatic carboxylic acids is 1. The third-order valence-electron chi connectivity index (χ3n) is 3.21. The van der Waals surface area contributed by atoms with Crippen molar-refractivity contribution in [1.29, 1.82) is 0 Å². The molecule has 0 radical (unpaired) electrons. The van der Waals surface area contributed by atoms with E-state index in [2.05, 4.69) is 5.32 Å². The quantitative estimate of drug-likeness (QED) is 0.719. The standard InChI is InChI=1S/C18H20N2O3/c19-15(11-13-7-3-1-4-8-13)17(21)20-16(18(22)23)12-14-9-5-2-6-10-14/h1-10,15-16H,11-12,19H2,(H,20,21)(H,22,23)/t15-,16-/m1/s1/i1D,3D,4D,7D,8D. The van der Waals surface area contributed by atoms with Gasteiger partial charge in [0.15, 0.2) is 0 Å². The van der Waals surface area contributed by atoms with Crippen LogP contribution in [-0.4, -0.2) is 29.1 Å². The van der Waals surface area contributed by atoms with Crippen molar-refractivity contribution in [1.82, 2.24) is 5.32 Å². The zero-order chi connectivity index (χ0) is 21.0. The van der Waals surface area contributed by atoms with Crippen LogP contribution >= 0.6 is 0 Å². The molecule has 23 heavy (non-hydrogen) atoms. The molecule has 4 N–H and O–H groups in total. The minimum absolute atomic E-state index is 0.0588. The maximum absolute atomic E-state index is 12.4. The third-order valence-corrected chi connectivity index (χ3v) is 3.21. The van der Waals surface area contributed by atoms with Crippen molar-refractivity contribution < 1.29 is 21.5 Å². The van der Waals surface area contributed by atoms with Gasteiger partial charge in [-0.05, 0) is 17.5 Å². The lowest BCUT2D eigenvalue weighted by Crippen LogP contribution is -2.50. The van der Waals surface area contributed by atoms with Crippen molar-refractivity contribution in [2.45, 2.75) is 24.9 Å². The van der Waals surface area contributed by atoms with Crippen LogP contribution in [0.5, 0.6) is 0 Å². The fourth-order valence-corrected chi connectivity index (χ4v) is 2.02. The lowest BCUT2D eigenvalue weighted by Gasteiger charge is -2.18. The zero-order valence-electron chi connectivity index (χ0n) is 17.3. The lowest BCUT2D eigenvalue weighted by atomic mass is 10.0. The van der Waals surface area contributed by atoms with Gasteiger partial charge in [0.05, 0.1) is 12.9 Å². The summed E-state index contributed by atoms with van der Waals surface area (Å²) in [5.41, 5.74) is 6.45. The van der Waals surface area contributed by atoms with Crippen LogP contribution in [0.15, 0.2) is 60.5 Å². The predicted molar refractivity (Wildman–Crippen MR) is 87.8 cm³/mol. The van der Waals surface area contributed by atoms with Gasteiger partial charge in [0.25, 0.3) is 0 Å². The first kappa shape index (κ1) is 11.0. The van der Waals surface area contributed by atoms with Crippen molar-refractivity contribution >= 4 is 11.9 Å². The van der Waals surface area contributed by atoms with Gasteiger partial charge in [-0.1, -0.05) is 60.5 Å². The molecular formula is C18H20N2O3. The Morgan fingerprint density at radius 2 is 1.74 bits per heavy atom. The highest BCUT2D eigenvalue weighted by atomic mass is 16.4. The molecule has 0 spiro atoms. The predicted octanol–water partition coefficient (Wildman–Crippen LogP) is 1.37. The van der Waals surface area contributed by atoms with Crippen LogP contribution in [0.1, 0.15) is 18.0 Å². The number of hydrogen-bond donors (Lipinski definition) is 3. The van der Waals surface area contributed by atoms with E-state index in [4.69, 9.17) is 12.6 Å². The van der Waals surface area contributed by atoms with Crippen molar-refractivity contribution in [3.63, 3.8) is 0 Å². The Morgan fingerprint density at radius 3 is 2.35 bits per heavy atom. The second-order valence-electron chi connectivity index (χ2n) is 5.00. The largest absolute Gasteiger partial charge is 0.480 e. The summed E-state index contributed by atoms with van der Waals surface area (Å²) in [7, 11) is 0. The number of benzene rings is 2. The van der Waals surface area contributed by atoms with E-state index in [1.807, 2.05) is 0 Å². The Bertz CT molecular complexity index is 864. The van der Waals surface area contributed by atoms with E-state index in [1.165, 1.54) is 0 Å². The molecule has 5 nitrogen and oxygen atoms in total. The molecule has 2 rings (SSSR count). The van der Waals surface area contributed by atoms with Gasteiger partial charge in [0.1, 0.15) is 6.04 Å². The highest BCUT2D eigenvalue weighted by molar-refractivity contribution is 5.87. The molecule has 0 aromatic heterocycles. The van der Waals surface area contributed by atoms with E-state index >= 15 is 0 Å². The van der Waals surface area contributed by atoms with Gasteiger partial charge < -0.3 is 16.2 Å². The lowest BCUT2D eigenvalue weighted by molar-refractivity contribution is -0.141. The topological polar surface area (TPSA) is 92.4 Å². The minimum Gasteiger partial charge on any atom is -0.480 e. The molecule has 2 atom stereocenters. The third kappa shape index (κ3) is 5.23. The number of amides is 1. The molecule has 120 valence electrons. The number of carbonyl (C=O) groups is 2. The van der Waals surface area contributed by atoms with Gasteiger partial charge in [-0.25, -0.2) is 4.79 Å². The minimum atomic E-state index is -1.28. The van der Waals surface area contributed by atoms with Gasteiger partial charge in [-0.2, -0.15) is 0 Å². The molecule has 0 unspecified atom stereocenters. The van der Waals surface area contributed by atoms with Crippen LogP contribution in [0, 0.1) is 0 Å². The number of hydrogen-bond acceptors (Lipinski definition) is 3. The Hall–Kier alpha value is -2.66. The number of carboxylic acids is 1. The van der Waals surface area contributed by atoms with Gasteiger partial charge in [-0.3, -0.25) is 4.79 Å². The van der Waals surface area contributed by atoms with Crippen LogP contribution in [0.3, 0.4) is 0 Å². The number of nitrogens with one attached hydrogen (secondary N) is 1. The maximum Gasteiger partial charge on any atom is 0.326 e. The molecule has 0 saturated carbocycles. The Kier molecular flexibility index (Phi) is 3.86. The second kappa shape index (κ2) is 8.10. The first-order valence-corrected chi connectivity index (χ1v) is 7.02. The summed E-state index contributed by atoms with van der Waals surface area (Å²) < 4.78 is 38.6. The summed E-state index contributed by atoms with van der Waals surface area (Å²) in [6, 6.07) is 3.82.